The minimum Gasteiger partial charge on any atom is -0.265 e. The summed E-state index contributed by atoms with van der Waals surface area (Å²) >= 11 is 3.28. The standard InChI is InChI=1S/C11H17BrN2O2S/c1-11(2,9-12)14-17(15,16)8-5-10-3-6-13-7-4-10/h3-4,6-7,14H,5,8-9H2,1-2H3. The van der Waals surface area contributed by atoms with Gasteiger partial charge in [0.1, 0.15) is 0 Å². The van der Waals surface area contributed by atoms with Crippen LogP contribution in [0.15, 0.2) is 24.5 Å². The maximum atomic E-state index is 11.8. The normalized spacial score (nSPS) is 12.6. The SMILES string of the molecule is CC(C)(CBr)NS(=O)(=O)CCc1ccncc1. The first kappa shape index (κ1) is 14.6. The van der Waals surface area contributed by atoms with Crippen LogP contribution in [0.3, 0.4) is 0 Å². The van der Waals surface area contributed by atoms with Gasteiger partial charge < -0.3 is 0 Å². The number of hydrogen-bond donors (Lipinski definition) is 1. The second-order valence-corrected chi connectivity index (χ2v) is 6.95. The highest BCUT2D eigenvalue weighted by Crippen LogP contribution is 2.09. The van der Waals surface area contributed by atoms with Gasteiger partial charge in [-0.05, 0) is 38.0 Å². The Morgan fingerprint density at radius 2 is 1.94 bits per heavy atom. The van der Waals surface area contributed by atoms with Crippen LogP contribution in [0.5, 0.6) is 0 Å². The van der Waals surface area contributed by atoms with Crippen LogP contribution in [-0.2, 0) is 16.4 Å². The number of aromatic nitrogens is 1. The fourth-order valence-electron chi connectivity index (χ4n) is 1.30. The van der Waals surface area contributed by atoms with E-state index in [1.165, 1.54) is 0 Å². The second-order valence-electron chi connectivity index (χ2n) is 4.54. The van der Waals surface area contributed by atoms with Gasteiger partial charge in [0, 0.05) is 23.3 Å². The molecule has 0 spiro atoms. The number of hydrogen-bond acceptors (Lipinski definition) is 3. The van der Waals surface area contributed by atoms with Gasteiger partial charge >= 0.3 is 0 Å². The van der Waals surface area contributed by atoms with Gasteiger partial charge in [0.15, 0.2) is 0 Å². The zero-order valence-electron chi connectivity index (χ0n) is 9.98. The van der Waals surface area contributed by atoms with Crippen molar-refractivity contribution in [1.82, 2.24) is 9.71 Å². The minimum absolute atomic E-state index is 0.0907. The highest BCUT2D eigenvalue weighted by atomic mass is 79.9. The molecule has 0 unspecified atom stereocenters. The van der Waals surface area contributed by atoms with Crippen molar-refractivity contribution in [3.63, 3.8) is 0 Å². The van der Waals surface area contributed by atoms with Gasteiger partial charge in [-0.2, -0.15) is 0 Å². The Morgan fingerprint density at radius 3 is 2.47 bits per heavy atom. The number of pyridine rings is 1. The van der Waals surface area contributed by atoms with E-state index in [1.807, 2.05) is 26.0 Å². The molecule has 1 aromatic heterocycles. The van der Waals surface area contributed by atoms with Crippen LogP contribution in [0.1, 0.15) is 19.4 Å². The Bertz CT molecular complexity index is 446. The minimum atomic E-state index is -3.25. The van der Waals surface area contributed by atoms with E-state index in [2.05, 4.69) is 25.6 Å². The zero-order chi connectivity index (χ0) is 12.9. The van der Waals surface area contributed by atoms with Crippen molar-refractivity contribution in [1.29, 1.82) is 0 Å². The molecule has 1 N–H and O–H groups in total. The van der Waals surface area contributed by atoms with E-state index in [1.54, 1.807) is 12.4 Å². The van der Waals surface area contributed by atoms with Crippen molar-refractivity contribution in [2.24, 2.45) is 0 Å². The van der Waals surface area contributed by atoms with Crippen LogP contribution in [0, 0.1) is 0 Å². The summed E-state index contributed by atoms with van der Waals surface area (Å²) in [6.45, 7) is 3.68. The summed E-state index contributed by atoms with van der Waals surface area (Å²) in [5.41, 5.74) is 0.513. The number of nitrogens with zero attached hydrogens (tertiary/aromatic N) is 1. The third-order valence-electron chi connectivity index (χ3n) is 2.17. The van der Waals surface area contributed by atoms with Crippen LogP contribution in [0.2, 0.25) is 0 Å². The molecular weight excluding hydrogens is 304 g/mol. The Balaban J connectivity index is 2.57. The van der Waals surface area contributed by atoms with E-state index < -0.39 is 15.6 Å². The van der Waals surface area contributed by atoms with Gasteiger partial charge in [0.25, 0.3) is 0 Å². The van der Waals surface area contributed by atoms with Crippen molar-refractivity contribution in [2.75, 3.05) is 11.1 Å². The Labute approximate surface area is 111 Å². The fraction of sp³-hybridized carbons (Fsp3) is 0.545. The van der Waals surface area contributed by atoms with Gasteiger partial charge in [-0.15, -0.1) is 0 Å². The summed E-state index contributed by atoms with van der Waals surface area (Å²) in [7, 11) is -3.25. The second kappa shape index (κ2) is 5.93. The molecule has 0 saturated heterocycles. The van der Waals surface area contributed by atoms with Gasteiger partial charge in [-0.25, -0.2) is 13.1 Å². The number of rotatable bonds is 6. The monoisotopic (exact) mass is 320 g/mol. The highest BCUT2D eigenvalue weighted by molar-refractivity contribution is 9.09. The first-order chi connectivity index (χ1) is 7.85. The Hall–Kier alpha value is -0.460. The van der Waals surface area contributed by atoms with Crippen molar-refractivity contribution in [2.45, 2.75) is 25.8 Å². The summed E-state index contributed by atoms with van der Waals surface area (Å²) in [6, 6.07) is 3.65. The maximum Gasteiger partial charge on any atom is 0.212 e. The molecule has 0 aliphatic rings. The average molecular weight is 321 g/mol. The molecule has 0 saturated carbocycles. The number of aryl methyl sites for hydroxylation is 1. The largest absolute Gasteiger partial charge is 0.265 e. The van der Waals surface area contributed by atoms with Crippen LogP contribution >= 0.6 is 15.9 Å². The first-order valence-electron chi connectivity index (χ1n) is 5.31. The lowest BCUT2D eigenvalue weighted by molar-refractivity contribution is 0.500. The lowest BCUT2D eigenvalue weighted by atomic mass is 10.1. The number of sulfonamides is 1. The van der Waals surface area contributed by atoms with E-state index in [0.29, 0.717) is 11.8 Å². The molecule has 96 valence electrons. The van der Waals surface area contributed by atoms with Crippen molar-refractivity contribution in [3.05, 3.63) is 30.1 Å². The molecule has 0 fully saturated rings. The molecule has 0 aliphatic carbocycles. The molecule has 0 atom stereocenters. The molecule has 0 aromatic carbocycles. The predicted octanol–water partition coefficient (Wildman–Crippen LogP) is 1.72. The average Bonchev–Trinajstić information content (AvgIpc) is 2.27. The number of alkyl halides is 1. The molecule has 1 rings (SSSR count). The lowest BCUT2D eigenvalue weighted by Crippen LogP contribution is -2.45. The third-order valence-corrected chi connectivity index (χ3v) is 5.18. The van der Waals surface area contributed by atoms with Gasteiger partial charge in [-0.3, -0.25) is 4.98 Å². The van der Waals surface area contributed by atoms with Gasteiger partial charge in [0.2, 0.25) is 10.0 Å². The highest BCUT2D eigenvalue weighted by Gasteiger charge is 2.23. The summed E-state index contributed by atoms with van der Waals surface area (Å²) in [6.07, 6.45) is 3.83. The van der Waals surface area contributed by atoms with E-state index in [0.717, 1.165) is 5.56 Å². The topological polar surface area (TPSA) is 59.1 Å². The van der Waals surface area contributed by atoms with Gasteiger partial charge in [0.05, 0.1) is 5.75 Å². The van der Waals surface area contributed by atoms with Crippen LogP contribution < -0.4 is 4.72 Å². The van der Waals surface area contributed by atoms with Crippen LogP contribution in [-0.4, -0.2) is 30.0 Å². The summed E-state index contributed by atoms with van der Waals surface area (Å²) in [5, 5.41) is 0.578. The summed E-state index contributed by atoms with van der Waals surface area (Å²) < 4.78 is 26.3. The van der Waals surface area contributed by atoms with Crippen molar-refractivity contribution < 1.29 is 8.42 Å². The summed E-state index contributed by atoms with van der Waals surface area (Å²) in [5.74, 6) is 0.0907. The maximum absolute atomic E-state index is 11.8. The third kappa shape index (κ3) is 5.61. The molecule has 1 aromatic rings. The first-order valence-corrected chi connectivity index (χ1v) is 8.08. The van der Waals surface area contributed by atoms with E-state index in [-0.39, 0.29) is 5.75 Å². The van der Waals surface area contributed by atoms with E-state index in [9.17, 15) is 8.42 Å². The zero-order valence-corrected chi connectivity index (χ0v) is 12.4. The smallest absolute Gasteiger partial charge is 0.212 e. The summed E-state index contributed by atoms with van der Waals surface area (Å²) in [4.78, 5) is 3.89. The quantitative estimate of drug-likeness (QED) is 0.812. The molecule has 4 nitrogen and oxygen atoms in total. The van der Waals surface area contributed by atoms with Crippen molar-refractivity contribution in [3.8, 4) is 0 Å². The molecule has 0 aliphatic heterocycles. The number of nitrogens with one attached hydrogen (secondary N) is 1. The van der Waals surface area contributed by atoms with Gasteiger partial charge in [-0.1, -0.05) is 15.9 Å². The van der Waals surface area contributed by atoms with E-state index in [4.69, 9.17) is 0 Å². The number of halogens is 1. The predicted molar refractivity (Wildman–Crippen MR) is 72.7 cm³/mol. The molecule has 0 bridgehead atoms. The molecule has 0 amide bonds. The molecular formula is C11H17BrN2O2S. The van der Waals surface area contributed by atoms with Crippen LogP contribution in [0.25, 0.3) is 0 Å². The molecule has 1 heterocycles. The molecule has 6 heteroatoms. The Kier molecular flexibility index (Phi) is 5.09. The molecule has 17 heavy (non-hydrogen) atoms. The lowest BCUT2D eigenvalue weighted by Gasteiger charge is -2.23. The fourth-order valence-corrected chi connectivity index (χ4v) is 3.15. The van der Waals surface area contributed by atoms with Crippen molar-refractivity contribution >= 4 is 26.0 Å². The molecule has 0 radical (unpaired) electrons. The Morgan fingerprint density at radius 1 is 1.35 bits per heavy atom. The van der Waals surface area contributed by atoms with Crippen LogP contribution in [0.4, 0.5) is 0 Å². The van der Waals surface area contributed by atoms with E-state index >= 15 is 0 Å².